The number of rotatable bonds is 5. The highest BCUT2D eigenvalue weighted by atomic mass is 16.5. The van der Waals surface area contributed by atoms with Crippen LogP contribution in [0.1, 0.15) is 43.0 Å². The van der Waals surface area contributed by atoms with Gasteiger partial charge in [-0.3, -0.25) is 0 Å². The van der Waals surface area contributed by atoms with Gasteiger partial charge in [0.15, 0.2) is 11.5 Å². The van der Waals surface area contributed by atoms with Gasteiger partial charge in [-0.05, 0) is 48.4 Å². The lowest BCUT2D eigenvalue weighted by Crippen LogP contribution is -2.18. The zero-order chi connectivity index (χ0) is 18.7. The summed E-state index contributed by atoms with van der Waals surface area (Å²) < 4.78 is 10.8. The average molecular weight is 351 g/mol. The molecule has 0 saturated heterocycles. The van der Waals surface area contributed by atoms with Crippen LogP contribution in [-0.2, 0) is 12.8 Å². The predicted molar refractivity (Wildman–Crippen MR) is 102 cm³/mol. The van der Waals surface area contributed by atoms with Crippen molar-refractivity contribution in [3.05, 3.63) is 35.0 Å². The van der Waals surface area contributed by atoms with Crippen molar-refractivity contribution in [1.82, 2.24) is 4.98 Å². The summed E-state index contributed by atoms with van der Waals surface area (Å²) in [5, 5.41) is 9.73. The van der Waals surface area contributed by atoms with Crippen molar-refractivity contribution in [2.24, 2.45) is 5.92 Å². The van der Waals surface area contributed by atoms with E-state index in [9.17, 15) is 5.26 Å². The molecule has 1 aromatic carbocycles. The lowest BCUT2D eigenvalue weighted by atomic mass is 9.79. The highest BCUT2D eigenvalue weighted by Crippen LogP contribution is 2.40. The van der Waals surface area contributed by atoms with Crippen molar-refractivity contribution in [1.29, 1.82) is 5.26 Å². The molecule has 136 valence electrons. The van der Waals surface area contributed by atoms with Crippen molar-refractivity contribution >= 4 is 5.82 Å². The number of nitrogens with two attached hydrogens (primary N) is 1. The standard InChI is InChI=1S/C21H25N3O2/c1-4-5-13-6-8-17-15(10-13)20(16(12-22)21(23)24-17)14-7-9-18(25-2)19(11-14)26-3/h7,9,11,13H,4-6,8,10H2,1-3H3,(H2,23,24). The molecule has 0 spiro atoms. The van der Waals surface area contributed by atoms with Crippen LogP contribution in [0, 0.1) is 17.2 Å². The second-order valence-corrected chi connectivity index (χ2v) is 6.75. The van der Waals surface area contributed by atoms with Crippen molar-refractivity contribution < 1.29 is 9.47 Å². The minimum Gasteiger partial charge on any atom is -0.493 e. The largest absolute Gasteiger partial charge is 0.493 e. The maximum absolute atomic E-state index is 9.73. The van der Waals surface area contributed by atoms with Crippen LogP contribution >= 0.6 is 0 Å². The van der Waals surface area contributed by atoms with Gasteiger partial charge in [-0.25, -0.2) is 4.98 Å². The molecule has 0 saturated carbocycles. The van der Waals surface area contributed by atoms with Crippen LogP contribution in [0.3, 0.4) is 0 Å². The minimum atomic E-state index is 0.310. The maximum Gasteiger partial charge on any atom is 0.161 e. The van der Waals surface area contributed by atoms with Gasteiger partial charge in [0.25, 0.3) is 0 Å². The van der Waals surface area contributed by atoms with E-state index in [4.69, 9.17) is 15.2 Å². The maximum atomic E-state index is 9.73. The molecule has 1 unspecified atom stereocenters. The van der Waals surface area contributed by atoms with Crippen LogP contribution in [0.5, 0.6) is 11.5 Å². The van der Waals surface area contributed by atoms with Crippen LogP contribution in [-0.4, -0.2) is 19.2 Å². The van der Waals surface area contributed by atoms with Crippen LogP contribution in [0.25, 0.3) is 11.1 Å². The van der Waals surface area contributed by atoms with Gasteiger partial charge in [-0.2, -0.15) is 5.26 Å². The minimum absolute atomic E-state index is 0.310. The van der Waals surface area contributed by atoms with E-state index in [-0.39, 0.29) is 0 Å². The lowest BCUT2D eigenvalue weighted by molar-refractivity contribution is 0.355. The predicted octanol–water partition coefficient (Wildman–Crippen LogP) is 4.12. The number of aromatic nitrogens is 1. The summed E-state index contributed by atoms with van der Waals surface area (Å²) >= 11 is 0. The van der Waals surface area contributed by atoms with E-state index in [1.54, 1.807) is 14.2 Å². The molecule has 2 aromatic rings. The second kappa shape index (κ2) is 7.65. The number of hydrogen-bond donors (Lipinski definition) is 1. The number of fused-ring (bicyclic) bond motifs is 1. The van der Waals surface area contributed by atoms with Crippen molar-refractivity contribution in [3.8, 4) is 28.7 Å². The zero-order valence-electron chi connectivity index (χ0n) is 15.6. The fourth-order valence-corrected chi connectivity index (χ4v) is 3.93. The Bertz CT molecular complexity index is 855. The van der Waals surface area contributed by atoms with E-state index in [0.717, 1.165) is 41.6 Å². The van der Waals surface area contributed by atoms with E-state index < -0.39 is 0 Å². The lowest BCUT2D eigenvalue weighted by Gasteiger charge is -2.27. The first kappa shape index (κ1) is 18.1. The number of hydrogen-bond acceptors (Lipinski definition) is 5. The third-order valence-electron chi connectivity index (χ3n) is 5.17. The van der Waals surface area contributed by atoms with Crippen molar-refractivity contribution in [2.75, 3.05) is 20.0 Å². The number of benzene rings is 1. The number of ether oxygens (including phenoxy) is 2. The van der Waals surface area contributed by atoms with Crippen molar-refractivity contribution in [3.63, 3.8) is 0 Å². The first-order chi connectivity index (χ1) is 12.6. The van der Waals surface area contributed by atoms with Crippen LogP contribution in [0.15, 0.2) is 18.2 Å². The van der Waals surface area contributed by atoms with Gasteiger partial charge < -0.3 is 15.2 Å². The summed E-state index contributed by atoms with van der Waals surface area (Å²) in [5.41, 5.74) is 10.6. The molecule has 2 N–H and O–H groups in total. The molecule has 0 bridgehead atoms. The Morgan fingerprint density at radius 1 is 1.27 bits per heavy atom. The molecular formula is C21H25N3O2. The Hall–Kier alpha value is -2.74. The molecule has 1 heterocycles. The number of nitrogen functional groups attached to an aromatic ring is 1. The molecule has 0 amide bonds. The molecule has 3 rings (SSSR count). The molecule has 5 nitrogen and oxygen atoms in total. The molecular weight excluding hydrogens is 326 g/mol. The number of anilines is 1. The molecule has 1 aliphatic carbocycles. The normalized spacial score (nSPS) is 15.8. The number of aryl methyl sites for hydroxylation is 1. The average Bonchev–Trinajstić information content (AvgIpc) is 2.66. The SMILES string of the molecule is CCCC1CCc2nc(N)c(C#N)c(-c3ccc(OC)c(OC)c3)c2C1. The van der Waals surface area contributed by atoms with Crippen molar-refractivity contribution in [2.45, 2.75) is 39.0 Å². The second-order valence-electron chi connectivity index (χ2n) is 6.75. The molecule has 1 atom stereocenters. The third-order valence-corrected chi connectivity index (χ3v) is 5.17. The summed E-state index contributed by atoms with van der Waals surface area (Å²) in [6.45, 7) is 2.21. The summed E-state index contributed by atoms with van der Waals surface area (Å²) in [4.78, 5) is 4.54. The number of nitriles is 1. The smallest absolute Gasteiger partial charge is 0.161 e. The highest BCUT2D eigenvalue weighted by Gasteiger charge is 2.26. The zero-order valence-corrected chi connectivity index (χ0v) is 15.6. The molecule has 0 fully saturated rings. The van der Waals surface area contributed by atoms with Gasteiger partial charge in [0, 0.05) is 11.3 Å². The Morgan fingerprint density at radius 3 is 2.69 bits per heavy atom. The fourth-order valence-electron chi connectivity index (χ4n) is 3.93. The molecule has 0 radical (unpaired) electrons. The van der Waals surface area contributed by atoms with Gasteiger partial charge in [-0.15, -0.1) is 0 Å². The molecule has 0 aliphatic heterocycles. The summed E-state index contributed by atoms with van der Waals surface area (Å²) in [5.74, 6) is 2.24. The Labute approximate surface area is 154 Å². The topological polar surface area (TPSA) is 81.2 Å². The highest BCUT2D eigenvalue weighted by molar-refractivity contribution is 5.80. The first-order valence-electron chi connectivity index (χ1n) is 9.06. The summed E-state index contributed by atoms with van der Waals surface area (Å²) in [6.07, 6.45) is 5.34. The van der Waals surface area contributed by atoms with Gasteiger partial charge in [0.05, 0.1) is 14.2 Å². The molecule has 1 aliphatic rings. The summed E-state index contributed by atoms with van der Waals surface area (Å²) in [7, 11) is 3.22. The van der Waals surface area contributed by atoms with Gasteiger partial charge >= 0.3 is 0 Å². The first-order valence-corrected chi connectivity index (χ1v) is 9.06. The van der Waals surface area contributed by atoms with Gasteiger partial charge in [0.1, 0.15) is 17.5 Å². The number of methoxy groups -OCH3 is 2. The summed E-state index contributed by atoms with van der Waals surface area (Å²) in [6, 6.07) is 8.01. The molecule has 1 aromatic heterocycles. The van der Waals surface area contributed by atoms with E-state index in [0.29, 0.717) is 28.8 Å². The third kappa shape index (κ3) is 3.20. The Kier molecular flexibility index (Phi) is 5.32. The molecule has 5 heteroatoms. The molecule has 26 heavy (non-hydrogen) atoms. The van der Waals surface area contributed by atoms with E-state index >= 15 is 0 Å². The Morgan fingerprint density at radius 2 is 2.04 bits per heavy atom. The quantitative estimate of drug-likeness (QED) is 0.876. The number of nitrogens with zero attached hydrogens (tertiary/aromatic N) is 2. The van der Waals surface area contributed by atoms with Crippen LogP contribution < -0.4 is 15.2 Å². The Balaban J connectivity index is 2.20. The van der Waals surface area contributed by atoms with E-state index in [1.807, 2.05) is 18.2 Å². The van der Waals surface area contributed by atoms with Gasteiger partial charge in [-0.1, -0.05) is 25.8 Å². The van der Waals surface area contributed by atoms with E-state index in [2.05, 4.69) is 18.0 Å². The van der Waals surface area contributed by atoms with Gasteiger partial charge in [0.2, 0.25) is 0 Å². The van der Waals surface area contributed by atoms with E-state index in [1.165, 1.54) is 12.8 Å². The fraction of sp³-hybridized carbons (Fsp3) is 0.429. The monoisotopic (exact) mass is 351 g/mol. The van der Waals surface area contributed by atoms with Crippen LogP contribution in [0.4, 0.5) is 5.82 Å². The number of pyridine rings is 1. The van der Waals surface area contributed by atoms with Crippen LogP contribution in [0.2, 0.25) is 0 Å².